The van der Waals surface area contributed by atoms with Gasteiger partial charge in [0.15, 0.2) is 0 Å². The second kappa shape index (κ2) is 10.2. The van der Waals surface area contributed by atoms with E-state index in [4.69, 9.17) is 4.74 Å². The van der Waals surface area contributed by atoms with Gasteiger partial charge in [-0.1, -0.05) is 54.1 Å². The number of carbonyl (C=O) groups is 1. The summed E-state index contributed by atoms with van der Waals surface area (Å²) in [5, 5.41) is 2.76. The number of amides is 1. The third kappa shape index (κ3) is 6.41. The number of carbonyl (C=O) groups excluding carboxylic acids is 1. The standard InChI is InChI=1S/C24H26N2O4S/c1-18-8-12-22(13-9-18)26-31(28,29)23-16-21(11-10-19(23)2)24(27)25-14-15-30-17-20-6-4-3-5-7-20/h3-13,16,26H,14-15,17H2,1-2H3,(H,25,27). The van der Waals surface area contributed by atoms with Crippen molar-refractivity contribution in [2.24, 2.45) is 0 Å². The zero-order valence-corrected chi connectivity index (χ0v) is 18.4. The second-order valence-electron chi connectivity index (χ2n) is 7.25. The summed E-state index contributed by atoms with van der Waals surface area (Å²) >= 11 is 0. The lowest BCUT2D eigenvalue weighted by molar-refractivity contribution is 0.0900. The largest absolute Gasteiger partial charge is 0.375 e. The first-order chi connectivity index (χ1) is 14.8. The van der Waals surface area contributed by atoms with Crippen LogP contribution in [0.3, 0.4) is 0 Å². The molecule has 0 spiro atoms. The van der Waals surface area contributed by atoms with Crippen LogP contribution in [0.5, 0.6) is 0 Å². The van der Waals surface area contributed by atoms with Crippen molar-refractivity contribution in [1.29, 1.82) is 0 Å². The molecule has 0 fully saturated rings. The van der Waals surface area contributed by atoms with Gasteiger partial charge in [-0.2, -0.15) is 0 Å². The molecule has 0 atom stereocenters. The van der Waals surface area contributed by atoms with Gasteiger partial charge in [-0.15, -0.1) is 0 Å². The van der Waals surface area contributed by atoms with E-state index in [2.05, 4.69) is 10.0 Å². The molecule has 0 aromatic heterocycles. The van der Waals surface area contributed by atoms with Gasteiger partial charge in [-0.25, -0.2) is 8.42 Å². The van der Waals surface area contributed by atoms with E-state index in [0.29, 0.717) is 31.0 Å². The Balaban J connectivity index is 1.60. The summed E-state index contributed by atoms with van der Waals surface area (Å²) in [4.78, 5) is 12.6. The third-order valence-corrected chi connectivity index (χ3v) is 6.21. The van der Waals surface area contributed by atoms with Gasteiger partial charge in [0, 0.05) is 17.8 Å². The lowest BCUT2D eigenvalue weighted by atomic mass is 10.1. The molecule has 0 saturated heterocycles. The molecule has 3 aromatic carbocycles. The molecule has 3 rings (SSSR count). The molecular formula is C24H26N2O4S. The van der Waals surface area contributed by atoms with E-state index in [1.165, 1.54) is 6.07 Å². The summed E-state index contributed by atoms with van der Waals surface area (Å²) in [5.74, 6) is -0.352. The summed E-state index contributed by atoms with van der Waals surface area (Å²) in [6.45, 7) is 4.77. The van der Waals surface area contributed by atoms with Crippen molar-refractivity contribution < 1.29 is 17.9 Å². The van der Waals surface area contributed by atoms with E-state index in [-0.39, 0.29) is 16.4 Å². The number of benzene rings is 3. The quantitative estimate of drug-likeness (QED) is 0.494. The molecule has 31 heavy (non-hydrogen) atoms. The van der Waals surface area contributed by atoms with Gasteiger partial charge in [-0.05, 0) is 49.2 Å². The van der Waals surface area contributed by atoms with Crippen LogP contribution in [0.1, 0.15) is 27.0 Å². The molecule has 0 unspecified atom stereocenters. The number of hydrogen-bond donors (Lipinski definition) is 2. The van der Waals surface area contributed by atoms with Crippen molar-refractivity contribution in [3.63, 3.8) is 0 Å². The molecule has 0 heterocycles. The summed E-state index contributed by atoms with van der Waals surface area (Å²) in [7, 11) is -3.83. The molecule has 1 amide bonds. The first kappa shape index (κ1) is 22.5. The third-order valence-electron chi connectivity index (χ3n) is 4.69. The van der Waals surface area contributed by atoms with Crippen LogP contribution >= 0.6 is 0 Å². The molecule has 3 aromatic rings. The highest BCUT2D eigenvalue weighted by Gasteiger charge is 2.19. The SMILES string of the molecule is Cc1ccc(NS(=O)(=O)c2cc(C(=O)NCCOCc3ccccc3)ccc2C)cc1. The Kier molecular flexibility index (Phi) is 7.44. The lowest BCUT2D eigenvalue weighted by Crippen LogP contribution is -2.27. The molecule has 162 valence electrons. The first-order valence-corrected chi connectivity index (χ1v) is 11.4. The highest BCUT2D eigenvalue weighted by molar-refractivity contribution is 7.92. The minimum absolute atomic E-state index is 0.0704. The Morgan fingerprint density at radius 1 is 0.935 bits per heavy atom. The Labute approximate surface area is 183 Å². The molecule has 0 saturated carbocycles. The smallest absolute Gasteiger partial charge is 0.262 e. The Morgan fingerprint density at radius 2 is 1.65 bits per heavy atom. The van der Waals surface area contributed by atoms with Crippen molar-refractivity contribution >= 4 is 21.6 Å². The lowest BCUT2D eigenvalue weighted by Gasteiger charge is -2.12. The van der Waals surface area contributed by atoms with Crippen LogP contribution in [0.2, 0.25) is 0 Å². The van der Waals surface area contributed by atoms with Crippen LogP contribution in [0.15, 0.2) is 77.7 Å². The monoisotopic (exact) mass is 438 g/mol. The first-order valence-electron chi connectivity index (χ1n) is 9.95. The summed E-state index contributed by atoms with van der Waals surface area (Å²) < 4.78 is 33.8. The van der Waals surface area contributed by atoms with Gasteiger partial charge in [-0.3, -0.25) is 9.52 Å². The van der Waals surface area contributed by atoms with Crippen molar-refractivity contribution in [2.75, 3.05) is 17.9 Å². The topological polar surface area (TPSA) is 84.5 Å². The van der Waals surface area contributed by atoms with Crippen molar-refractivity contribution in [1.82, 2.24) is 5.32 Å². The maximum atomic E-state index is 12.9. The van der Waals surface area contributed by atoms with E-state index in [0.717, 1.165) is 11.1 Å². The molecule has 6 nitrogen and oxygen atoms in total. The van der Waals surface area contributed by atoms with E-state index in [1.807, 2.05) is 49.4 Å². The molecule has 0 aliphatic heterocycles. The van der Waals surface area contributed by atoms with Crippen molar-refractivity contribution in [3.05, 3.63) is 95.1 Å². The average Bonchev–Trinajstić information content (AvgIpc) is 2.76. The minimum Gasteiger partial charge on any atom is -0.375 e. The highest BCUT2D eigenvalue weighted by Crippen LogP contribution is 2.21. The summed E-state index contributed by atoms with van der Waals surface area (Å²) in [6.07, 6.45) is 0. The predicted molar refractivity (Wildman–Crippen MR) is 122 cm³/mol. The second-order valence-corrected chi connectivity index (χ2v) is 8.90. The van der Waals surface area contributed by atoms with E-state index < -0.39 is 10.0 Å². The Morgan fingerprint density at radius 3 is 2.35 bits per heavy atom. The Hall–Kier alpha value is -3.16. The fourth-order valence-corrected chi connectivity index (χ4v) is 4.30. The molecule has 0 aliphatic carbocycles. The average molecular weight is 439 g/mol. The predicted octanol–water partition coefficient (Wildman–Crippen LogP) is 4.05. The fourth-order valence-electron chi connectivity index (χ4n) is 2.97. The van der Waals surface area contributed by atoms with Gasteiger partial charge in [0.05, 0.1) is 18.1 Å². The minimum atomic E-state index is -3.83. The zero-order valence-electron chi connectivity index (χ0n) is 17.6. The zero-order chi connectivity index (χ0) is 22.3. The van der Waals surface area contributed by atoms with Crippen LogP contribution in [-0.2, 0) is 21.4 Å². The molecule has 0 bridgehead atoms. The van der Waals surface area contributed by atoms with E-state index in [9.17, 15) is 13.2 Å². The van der Waals surface area contributed by atoms with Gasteiger partial charge < -0.3 is 10.1 Å². The number of anilines is 1. The molecule has 0 radical (unpaired) electrons. The molecule has 7 heteroatoms. The number of aryl methyl sites for hydroxylation is 2. The molecular weight excluding hydrogens is 412 g/mol. The van der Waals surface area contributed by atoms with Gasteiger partial charge in [0.25, 0.3) is 15.9 Å². The van der Waals surface area contributed by atoms with Gasteiger partial charge in [0.1, 0.15) is 0 Å². The highest BCUT2D eigenvalue weighted by atomic mass is 32.2. The van der Waals surface area contributed by atoms with Crippen LogP contribution < -0.4 is 10.0 Å². The molecule has 0 aliphatic rings. The van der Waals surface area contributed by atoms with Crippen molar-refractivity contribution in [2.45, 2.75) is 25.3 Å². The van der Waals surface area contributed by atoms with E-state index >= 15 is 0 Å². The maximum Gasteiger partial charge on any atom is 0.262 e. The number of rotatable bonds is 9. The summed E-state index contributed by atoms with van der Waals surface area (Å²) in [5.41, 5.74) is 3.39. The van der Waals surface area contributed by atoms with Crippen LogP contribution in [0.25, 0.3) is 0 Å². The fraction of sp³-hybridized carbons (Fsp3) is 0.208. The summed E-state index contributed by atoms with van der Waals surface area (Å²) in [6, 6.07) is 21.5. The van der Waals surface area contributed by atoms with E-state index in [1.54, 1.807) is 31.2 Å². The van der Waals surface area contributed by atoms with Crippen LogP contribution in [-0.4, -0.2) is 27.5 Å². The maximum absolute atomic E-state index is 12.9. The van der Waals surface area contributed by atoms with Gasteiger partial charge >= 0.3 is 0 Å². The van der Waals surface area contributed by atoms with Crippen LogP contribution in [0, 0.1) is 13.8 Å². The number of ether oxygens (including phenoxy) is 1. The molecule has 2 N–H and O–H groups in total. The van der Waals surface area contributed by atoms with Gasteiger partial charge in [0.2, 0.25) is 0 Å². The van der Waals surface area contributed by atoms with Crippen molar-refractivity contribution in [3.8, 4) is 0 Å². The van der Waals surface area contributed by atoms with Crippen LogP contribution in [0.4, 0.5) is 5.69 Å². The normalized spacial score (nSPS) is 11.2. The number of sulfonamides is 1. The Bertz CT molecular complexity index is 1130. The number of nitrogens with one attached hydrogen (secondary N) is 2. The number of hydrogen-bond acceptors (Lipinski definition) is 4.